The highest BCUT2D eigenvalue weighted by Crippen LogP contribution is 2.27. The van der Waals surface area contributed by atoms with Crippen LogP contribution in [0.2, 0.25) is 0 Å². The monoisotopic (exact) mass is 327 g/mol. The molecule has 0 spiro atoms. The normalized spacial score (nSPS) is 10.8. The molecule has 4 nitrogen and oxygen atoms in total. The first-order chi connectivity index (χ1) is 12.2. The number of rotatable bonds is 3. The Morgan fingerprint density at radius 3 is 2.56 bits per heavy atom. The van der Waals surface area contributed by atoms with Gasteiger partial charge in [-0.2, -0.15) is 5.10 Å². The molecular formula is C21H17N3O. The van der Waals surface area contributed by atoms with Crippen LogP contribution < -0.4 is 5.32 Å². The first kappa shape index (κ1) is 15.1. The van der Waals surface area contributed by atoms with Gasteiger partial charge in [-0.05, 0) is 42.3 Å². The largest absolute Gasteiger partial charge is 0.305 e. The van der Waals surface area contributed by atoms with Crippen molar-refractivity contribution in [3.05, 3.63) is 83.9 Å². The first-order valence-corrected chi connectivity index (χ1v) is 8.12. The van der Waals surface area contributed by atoms with Crippen LogP contribution in [0.3, 0.4) is 0 Å². The summed E-state index contributed by atoms with van der Waals surface area (Å²) in [6, 6.07) is 23.7. The zero-order valence-electron chi connectivity index (χ0n) is 13.8. The van der Waals surface area contributed by atoms with Crippen molar-refractivity contribution in [3.8, 4) is 11.1 Å². The Bertz CT molecular complexity index is 1050. The van der Waals surface area contributed by atoms with Gasteiger partial charge in [-0.3, -0.25) is 9.89 Å². The summed E-state index contributed by atoms with van der Waals surface area (Å²) in [6.45, 7) is 1.97. The number of benzene rings is 3. The van der Waals surface area contributed by atoms with E-state index in [1.165, 1.54) is 0 Å². The van der Waals surface area contributed by atoms with Gasteiger partial charge < -0.3 is 5.32 Å². The standard InChI is InChI=1S/C21H17N3O/c1-14-6-5-9-17(12-14)21(25)22-20-18-13-16(10-11-19(18)23-24-20)15-7-3-2-4-8-15/h2-13H,1H3,(H2,22,23,24,25). The number of H-pyrrole nitrogens is 1. The lowest BCUT2D eigenvalue weighted by Crippen LogP contribution is -2.12. The fourth-order valence-corrected chi connectivity index (χ4v) is 2.89. The van der Waals surface area contributed by atoms with Crippen molar-refractivity contribution in [1.29, 1.82) is 0 Å². The van der Waals surface area contributed by atoms with E-state index in [-0.39, 0.29) is 5.91 Å². The quantitative estimate of drug-likeness (QED) is 0.568. The van der Waals surface area contributed by atoms with Gasteiger partial charge in [0.15, 0.2) is 5.82 Å². The fourth-order valence-electron chi connectivity index (χ4n) is 2.89. The minimum absolute atomic E-state index is 0.165. The maximum Gasteiger partial charge on any atom is 0.256 e. The lowest BCUT2D eigenvalue weighted by atomic mass is 10.0. The Hall–Kier alpha value is -3.40. The summed E-state index contributed by atoms with van der Waals surface area (Å²) >= 11 is 0. The minimum Gasteiger partial charge on any atom is -0.305 e. The van der Waals surface area contributed by atoms with Gasteiger partial charge in [0, 0.05) is 10.9 Å². The Balaban J connectivity index is 1.69. The zero-order chi connectivity index (χ0) is 17.2. The Kier molecular flexibility index (Phi) is 3.78. The van der Waals surface area contributed by atoms with Gasteiger partial charge in [-0.1, -0.05) is 54.1 Å². The molecule has 0 radical (unpaired) electrons. The highest BCUT2D eigenvalue weighted by Gasteiger charge is 2.12. The zero-order valence-corrected chi connectivity index (χ0v) is 13.8. The molecule has 1 amide bonds. The summed E-state index contributed by atoms with van der Waals surface area (Å²) in [7, 11) is 0. The number of hydrogen-bond donors (Lipinski definition) is 2. The predicted octanol–water partition coefficient (Wildman–Crippen LogP) is 4.79. The molecule has 0 aliphatic rings. The number of aromatic amines is 1. The number of anilines is 1. The Morgan fingerprint density at radius 2 is 1.76 bits per heavy atom. The van der Waals surface area contributed by atoms with Gasteiger partial charge >= 0.3 is 0 Å². The molecule has 4 heteroatoms. The van der Waals surface area contributed by atoms with Crippen LogP contribution in [-0.4, -0.2) is 16.1 Å². The number of carbonyl (C=O) groups excluding carboxylic acids is 1. The third-order valence-electron chi connectivity index (χ3n) is 4.18. The van der Waals surface area contributed by atoms with E-state index in [0.29, 0.717) is 11.4 Å². The van der Waals surface area contributed by atoms with Gasteiger partial charge in [-0.25, -0.2) is 0 Å². The molecule has 1 aromatic heterocycles. The van der Waals surface area contributed by atoms with Crippen LogP contribution in [0, 0.1) is 6.92 Å². The molecule has 0 saturated heterocycles. The lowest BCUT2D eigenvalue weighted by Gasteiger charge is -2.05. The number of nitrogens with zero attached hydrogens (tertiary/aromatic N) is 1. The topological polar surface area (TPSA) is 57.8 Å². The van der Waals surface area contributed by atoms with Gasteiger partial charge in [0.2, 0.25) is 0 Å². The molecular weight excluding hydrogens is 310 g/mol. The van der Waals surface area contributed by atoms with Crippen LogP contribution in [-0.2, 0) is 0 Å². The summed E-state index contributed by atoms with van der Waals surface area (Å²) in [5.74, 6) is 0.376. The first-order valence-electron chi connectivity index (χ1n) is 8.12. The highest BCUT2D eigenvalue weighted by atomic mass is 16.1. The SMILES string of the molecule is Cc1cccc(C(=O)Nc2n[nH]c3ccc(-c4ccccc4)cc23)c1. The molecule has 4 rings (SSSR count). The average molecular weight is 327 g/mol. The van der Waals surface area contributed by atoms with Crippen LogP contribution in [0.15, 0.2) is 72.8 Å². The van der Waals surface area contributed by atoms with Crippen LogP contribution in [0.5, 0.6) is 0 Å². The number of nitrogens with one attached hydrogen (secondary N) is 2. The molecule has 122 valence electrons. The molecule has 25 heavy (non-hydrogen) atoms. The number of aromatic nitrogens is 2. The summed E-state index contributed by atoms with van der Waals surface area (Å²) < 4.78 is 0. The summed E-state index contributed by atoms with van der Waals surface area (Å²) in [4.78, 5) is 12.5. The van der Waals surface area contributed by atoms with Gasteiger partial charge in [0.25, 0.3) is 5.91 Å². The smallest absolute Gasteiger partial charge is 0.256 e. The molecule has 3 aromatic carbocycles. The van der Waals surface area contributed by atoms with Crippen LogP contribution in [0.4, 0.5) is 5.82 Å². The molecule has 1 heterocycles. The number of carbonyl (C=O) groups is 1. The van der Waals surface area contributed by atoms with E-state index in [1.807, 2.05) is 61.5 Å². The van der Waals surface area contributed by atoms with E-state index in [4.69, 9.17) is 0 Å². The second kappa shape index (κ2) is 6.24. The molecule has 0 aliphatic heterocycles. The fraction of sp³-hybridized carbons (Fsp3) is 0.0476. The van der Waals surface area contributed by atoms with Crippen LogP contribution >= 0.6 is 0 Å². The van der Waals surface area contributed by atoms with Crippen molar-refractivity contribution in [3.63, 3.8) is 0 Å². The third-order valence-corrected chi connectivity index (χ3v) is 4.18. The van der Waals surface area contributed by atoms with E-state index in [0.717, 1.165) is 27.6 Å². The van der Waals surface area contributed by atoms with E-state index < -0.39 is 0 Å². The van der Waals surface area contributed by atoms with Crippen molar-refractivity contribution < 1.29 is 4.79 Å². The van der Waals surface area contributed by atoms with Crippen LogP contribution in [0.1, 0.15) is 15.9 Å². The molecule has 0 saturated carbocycles. The maximum absolute atomic E-state index is 12.5. The van der Waals surface area contributed by atoms with E-state index in [9.17, 15) is 4.79 Å². The molecule has 0 bridgehead atoms. The minimum atomic E-state index is -0.165. The highest BCUT2D eigenvalue weighted by molar-refractivity contribution is 6.08. The summed E-state index contributed by atoms with van der Waals surface area (Å²) in [6.07, 6.45) is 0. The molecule has 2 N–H and O–H groups in total. The molecule has 0 aliphatic carbocycles. The molecule has 4 aromatic rings. The molecule has 0 fully saturated rings. The lowest BCUT2D eigenvalue weighted by molar-refractivity contribution is 0.102. The second-order valence-electron chi connectivity index (χ2n) is 6.02. The van der Waals surface area contributed by atoms with Crippen LogP contribution in [0.25, 0.3) is 22.0 Å². The van der Waals surface area contributed by atoms with E-state index >= 15 is 0 Å². The summed E-state index contributed by atoms with van der Waals surface area (Å²) in [5, 5.41) is 11.0. The number of fused-ring (bicyclic) bond motifs is 1. The van der Waals surface area contributed by atoms with Gasteiger partial charge in [0.1, 0.15) is 0 Å². The number of amides is 1. The summed E-state index contributed by atoms with van der Waals surface area (Å²) in [5.41, 5.74) is 4.77. The third kappa shape index (κ3) is 3.02. The van der Waals surface area contributed by atoms with Crippen molar-refractivity contribution in [1.82, 2.24) is 10.2 Å². The van der Waals surface area contributed by atoms with Gasteiger partial charge in [-0.15, -0.1) is 0 Å². The van der Waals surface area contributed by atoms with Crippen molar-refractivity contribution in [2.45, 2.75) is 6.92 Å². The Labute approximate surface area is 145 Å². The van der Waals surface area contributed by atoms with Crippen molar-refractivity contribution in [2.24, 2.45) is 0 Å². The van der Waals surface area contributed by atoms with Crippen molar-refractivity contribution >= 4 is 22.6 Å². The predicted molar refractivity (Wildman–Crippen MR) is 101 cm³/mol. The molecule has 0 unspecified atom stereocenters. The average Bonchev–Trinajstić information content (AvgIpc) is 3.04. The van der Waals surface area contributed by atoms with E-state index in [1.54, 1.807) is 6.07 Å². The van der Waals surface area contributed by atoms with Gasteiger partial charge in [0.05, 0.1) is 5.52 Å². The molecule has 0 atom stereocenters. The van der Waals surface area contributed by atoms with E-state index in [2.05, 4.69) is 27.6 Å². The number of aryl methyl sites for hydroxylation is 1. The second-order valence-corrected chi connectivity index (χ2v) is 6.02. The Morgan fingerprint density at radius 1 is 0.920 bits per heavy atom. The van der Waals surface area contributed by atoms with Crippen molar-refractivity contribution in [2.75, 3.05) is 5.32 Å². The maximum atomic E-state index is 12.5. The number of hydrogen-bond acceptors (Lipinski definition) is 2.